The molecule has 1 aromatic heterocycles. The van der Waals surface area contributed by atoms with E-state index in [2.05, 4.69) is 9.97 Å². The van der Waals surface area contributed by atoms with E-state index in [1.54, 1.807) is 25.3 Å². The fourth-order valence-electron chi connectivity index (χ4n) is 2.35. The number of benzene rings is 2. The Bertz CT molecular complexity index is 935. The summed E-state index contributed by atoms with van der Waals surface area (Å²) in [5.41, 5.74) is 0.627. The number of methoxy groups -OCH3 is 1. The Balaban J connectivity index is 1.84. The molecule has 0 fully saturated rings. The number of rotatable bonds is 5. The number of hydrogen-bond donors (Lipinski definition) is 1. The Hall–Kier alpha value is -2.48. The lowest BCUT2D eigenvalue weighted by atomic mass is 10.1. The third-order valence-corrected chi connectivity index (χ3v) is 4.56. The highest BCUT2D eigenvalue weighted by Crippen LogP contribution is 2.28. The summed E-state index contributed by atoms with van der Waals surface area (Å²) < 4.78 is 45.6. The van der Waals surface area contributed by atoms with Gasteiger partial charge >= 0.3 is 0 Å². The van der Waals surface area contributed by atoms with Gasteiger partial charge in [-0.2, -0.15) is 0 Å². The topological polar surface area (TPSA) is 55.0 Å². The van der Waals surface area contributed by atoms with Gasteiger partial charge in [-0.05, 0) is 19.1 Å². The fraction of sp³-hybridized carbons (Fsp3) is 0.176. The summed E-state index contributed by atoms with van der Waals surface area (Å²) in [7, 11) is 1.54. The third kappa shape index (κ3) is 3.48. The van der Waals surface area contributed by atoms with Gasteiger partial charge in [-0.25, -0.2) is 18.2 Å². The van der Waals surface area contributed by atoms with Crippen LogP contribution in [0, 0.1) is 17.5 Å². The van der Waals surface area contributed by atoms with Crippen molar-refractivity contribution in [3.8, 4) is 5.75 Å². The van der Waals surface area contributed by atoms with Gasteiger partial charge in [-0.15, -0.1) is 0 Å². The maximum Gasteiger partial charge on any atom is 0.181 e. The second kappa shape index (κ2) is 6.79. The van der Waals surface area contributed by atoms with Crippen molar-refractivity contribution in [3.63, 3.8) is 0 Å². The minimum Gasteiger partial charge on any atom is -0.497 e. The van der Waals surface area contributed by atoms with E-state index in [0.29, 0.717) is 34.1 Å². The third-order valence-electron chi connectivity index (χ3n) is 3.58. The number of carbonyl (C=O) groups is 1. The summed E-state index contributed by atoms with van der Waals surface area (Å²) in [6.07, 6.45) is 0. The highest BCUT2D eigenvalue weighted by atomic mass is 32.2. The van der Waals surface area contributed by atoms with Gasteiger partial charge in [-0.3, -0.25) is 4.79 Å². The highest BCUT2D eigenvalue weighted by molar-refractivity contribution is 8.00. The van der Waals surface area contributed by atoms with Crippen molar-refractivity contribution in [2.45, 2.75) is 17.3 Å². The van der Waals surface area contributed by atoms with E-state index in [4.69, 9.17) is 4.74 Å². The number of ether oxygens (including phenoxy) is 1. The number of halogens is 3. The van der Waals surface area contributed by atoms with Crippen molar-refractivity contribution < 1.29 is 22.7 Å². The molecule has 2 aromatic carbocycles. The van der Waals surface area contributed by atoms with Crippen molar-refractivity contribution in [1.29, 1.82) is 0 Å². The molecule has 1 unspecified atom stereocenters. The van der Waals surface area contributed by atoms with E-state index in [9.17, 15) is 18.0 Å². The van der Waals surface area contributed by atoms with E-state index in [1.165, 1.54) is 6.92 Å². The van der Waals surface area contributed by atoms with Gasteiger partial charge in [0.15, 0.2) is 10.9 Å². The number of thioether (sulfide) groups is 1. The summed E-state index contributed by atoms with van der Waals surface area (Å²) >= 11 is 1.02. The Morgan fingerprint density at radius 1 is 1.20 bits per heavy atom. The molecule has 4 nitrogen and oxygen atoms in total. The van der Waals surface area contributed by atoms with Gasteiger partial charge in [0.1, 0.15) is 23.2 Å². The molecule has 130 valence electrons. The van der Waals surface area contributed by atoms with Crippen LogP contribution in [0.1, 0.15) is 17.3 Å². The number of aromatic nitrogens is 2. The van der Waals surface area contributed by atoms with Crippen molar-refractivity contribution in [2.24, 2.45) is 0 Å². The van der Waals surface area contributed by atoms with E-state index in [0.717, 1.165) is 11.8 Å². The van der Waals surface area contributed by atoms with Crippen molar-refractivity contribution >= 4 is 28.6 Å². The van der Waals surface area contributed by atoms with Gasteiger partial charge in [0.2, 0.25) is 0 Å². The normalized spacial score (nSPS) is 12.4. The maximum absolute atomic E-state index is 13.8. The maximum atomic E-state index is 13.8. The Kier molecular flexibility index (Phi) is 4.71. The SMILES string of the molecule is COc1ccc2nc(SC(C)C(=O)c3c(F)cc(F)cc3F)[nH]c2c1. The van der Waals surface area contributed by atoms with E-state index in [-0.39, 0.29) is 0 Å². The van der Waals surface area contributed by atoms with Crippen molar-refractivity contribution in [2.75, 3.05) is 7.11 Å². The van der Waals surface area contributed by atoms with Crippen LogP contribution in [0.5, 0.6) is 5.75 Å². The van der Waals surface area contributed by atoms with Crippen LogP contribution in [0.4, 0.5) is 13.2 Å². The number of carbonyl (C=O) groups excluding carboxylic acids is 1. The number of nitrogens with zero attached hydrogens (tertiary/aromatic N) is 1. The molecule has 8 heteroatoms. The minimum atomic E-state index is -1.22. The minimum absolute atomic E-state index is 0.423. The van der Waals surface area contributed by atoms with Gasteiger partial charge in [0.25, 0.3) is 0 Å². The first kappa shape index (κ1) is 17.3. The average molecular weight is 366 g/mol. The molecular weight excluding hydrogens is 353 g/mol. The summed E-state index contributed by atoms with van der Waals surface area (Å²) in [5, 5.41) is -0.399. The number of imidazole rings is 1. The lowest BCUT2D eigenvalue weighted by molar-refractivity contribution is 0.0985. The van der Waals surface area contributed by atoms with Gasteiger partial charge in [0, 0.05) is 18.2 Å². The zero-order valence-electron chi connectivity index (χ0n) is 13.3. The molecule has 3 rings (SSSR count). The smallest absolute Gasteiger partial charge is 0.181 e. The molecule has 1 atom stereocenters. The number of nitrogens with one attached hydrogen (secondary N) is 1. The van der Waals surface area contributed by atoms with Crippen LogP contribution >= 0.6 is 11.8 Å². The predicted octanol–water partition coefficient (Wildman–Crippen LogP) is 4.35. The van der Waals surface area contributed by atoms with E-state index >= 15 is 0 Å². The first-order valence-electron chi connectivity index (χ1n) is 7.28. The van der Waals surface area contributed by atoms with E-state index < -0.39 is 34.0 Å². The number of aromatic amines is 1. The highest BCUT2D eigenvalue weighted by Gasteiger charge is 2.25. The molecule has 0 aliphatic carbocycles. The zero-order chi connectivity index (χ0) is 18.1. The zero-order valence-corrected chi connectivity index (χ0v) is 14.1. The molecule has 0 spiro atoms. The molecule has 0 aliphatic heterocycles. The second-order valence-corrected chi connectivity index (χ2v) is 6.62. The van der Waals surface area contributed by atoms with Crippen LogP contribution in [-0.2, 0) is 0 Å². The summed E-state index contributed by atoms with van der Waals surface area (Å²) in [6, 6.07) is 6.22. The van der Waals surface area contributed by atoms with Crippen LogP contribution < -0.4 is 4.74 Å². The molecular formula is C17H13F3N2O2S. The molecule has 0 aliphatic rings. The summed E-state index contributed by atoms with van der Waals surface area (Å²) in [6.45, 7) is 1.50. The van der Waals surface area contributed by atoms with E-state index in [1.807, 2.05) is 0 Å². The Morgan fingerprint density at radius 3 is 2.52 bits per heavy atom. The molecule has 0 amide bonds. The molecule has 0 bridgehead atoms. The lowest BCUT2D eigenvalue weighted by Crippen LogP contribution is -2.17. The number of ketones is 1. The fourth-order valence-corrected chi connectivity index (χ4v) is 3.23. The molecule has 1 heterocycles. The van der Waals surface area contributed by atoms with Crippen molar-refractivity contribution in [1.82, 2.24) is 9.97 Å². The largest absolute Gasteiger partial charge is 0.497 e. The quantitative estimate of drug-likeness (QED) is 0.539. The molecule has 0 radical (unpaired) electrons. The average Bonchev–Trinajstić information content (AvgIpc) is 2.94. The van der Waals surface area contributed by atoms with Crippen LogP contribution in [-0.4, -0.2) is 28.1 Å². The molecule has 0 saturated carbocycles. The second-order valence-electron chi connectivity index (χ2n) is 5.29. The standard InChI is InChI=1S/C17H13F3N2O2S/c1-8(16(23)15-11(19)5-9(18)6-12(15)20)25-17-21-13-4-3-10(24-2)7-14(13)22-17/h3-8H,1-2H3,(H,21,22). The first-order chi connectivity index (χ1) is 11.9. The summed E-state index contributed by atoms with van der Waals surface area (Å²) in [5.74, 6) is -3.64. The number of hydrogen-bond acceptors (Lipinski definition) is 4. The molecule has 3 aromatic rings. The lowest BCUT2D eigenvalue weighted by Gasteiger charge is -2.10. The van der Waals surface area contributed by atoms with Crippen LogP contribution in [0.2, 0.25) is 0 Å². The van der Waals surface area contributed by atoms with Crippen LogP contribution in [0.3, 0.4) is 0 Å². The van der Waals surface area contributed by atoms with Crippen molar-refractivity contribution in [3.05, 3.63) is 53.3 Å². The number of fused-ring (bicyclic) bond motifs is 1. The molecule has 1 N–H and O–H groups in total. The predicted molar refractivity (Wildman–Crippen MR) is 88.6 cm³/mol. The molecule has 25 heavy (non-hydrogen) atoms. The first-order valence-corrected chi connectivity index (χ1v) is 8.16. The number of H-pyrrole nitrogens is 1. The summed E-state index contributed by atoms with van der Waals surface area (Å²) in [4.78, 5) is 19.7. The molecule has 0 saturated heterocycles. The monoisotopic (exact) mass is 366 g/mol. The van der Waals surface area contributed by atoms with Gasteiger partial charge in [-0.1, -0.05) is 11.8 Å². The van der Waals surface area contributed by atoms with Gasteiger partial charge < -0.3 is 9.72 Å². The van der Waals surface area contributed by atoms with Gasteiger partial charge in [0.05, 0.1) is 29.0 Å². The Labute approximate surface area is 145 Å². The van der Waals surface area contributed by atoms with Crippen LogP contribution in [0.25, 0.3) is 11.0 Å². The number of Topliss-reactive ketones (excluding diaryl/α,β-unsaturated/α-hetero) is 1. The van der Waals surface area contributed by atoms with Crippen LogP contribution in [0.15, 0.2) is 35.5 Å². The Morgan fingerprint density at radius 2 is 1.88 bits per heavy atom.